The van der Waals surface area contributed by atoms with E-state index in [-0.39, 0.29) is 5.91 Å². The third kappa shape index (κ3) is 3.26. The predicted molar refractivity (Wildman–Crippen MR) is 91.6 cm³/mol. The number of piperazine rings is 1. The van der Waals surface area contributed by atoms with Crippen LogP contribution in [-0.4, -0.2) is 55.0 Å². The van der Waals surface area contributed by atoms with Crippen LogP contribution in [0.1, 0.15) is 30.0 Å². The summed E-state index contributed by atoms with van der Waals surface area (Å²) in [6.07, 6.45) is 0. The molecule has 1 saturated heterocycles. The molecule has 2 unspecified atom stereocenters. The van der Waals surface area contributed by atoms with Gasteiger partial charge in [0.1, 0.15) is 5.58 Å². The maximum absolute atomic E-state index is 13.0. The quantitative estimate of drug-likeness (QED) is 0.944. The van der Waals surface area contributed by atoms with E-state index < -0.39 is 0 Å². The molecule has 0 radical (unpaired) electrons. The van der Waals surface area contributed by atoms with Crippen LogP contribution in [0.3, 0.4) is 0 Å². The van der Waals surface area contributed by atoms with Crippen LogP contribution in [-0.2, 0) is 6.54 Å². The lowest BCUT2D eigenvalue weighted by molar-refractivity contribution is 0.0641. The minimum atomic E-state index is -0.00162. The lowest BCUT2D eigenvalue weighted by atomic mass is 10.1. The molecule has 124 valence electrons. The highest BCUT2D eigenvalue weighted by atomic mass is 16.3. The predicted octanol–water partition coefficient (Wildman–Crippen LogP) is 2.32. The normalized spacial score (nSPS) is 22.0. The fraction of sp³-hybridized carbons (Fsp3) is 0.500. The Morgan fingerprint density at radius 3 is 2.57 bits per heavy atom. The zero-order valence-corrected chi connectivity index (χ0v) is 14.3. The first kappa shape index (κ1) is 16.0. The van der Waals surface area contributed by atoms with Gasteiger partial charge in [-0.2, -0.15) is 0 Å². The monoisotopic (exact) mass is 315 g/mol. The van der Waals surface area contributed by atoms with E-state index in [0.29, 0.717) is 37.5 Å². The lowest BCUT2D eigenvalue weighted by Crippen LogP contribution is -2.55. The van der Waals surface area contributed by atoms with Crippen LogP contribution < -0.4 is 5.32 Å². The van der Waals surface area contributed by atoms with Crippen LogP contribution in [0.25, 0.3) is 11.0 Å². The average Bonchev–Trinajstić information content (AvgIpc) is 2.84. The Hall–Kier alpha value is -1.85. The molecule has 5 heteroatoms. The van der Waals surface area contributed by atoms with Gasteiger partial charge < -0.3 is 19.5 Å². The fourth-order valence-corrected chi connectivity index (χ4v) is 3.38. The number of carbonyl (C=O) groups is 1. The van der Waals surface area contributed by atoms with E-state index in [9.17, 15) is 4.79 Å². The third-order valence-electron chi connectivity index (χ3n) is 4.21. The van der Waals surface area contributed by atoms with E-state index in [1.54, 1.807) is 0 Å². The van der Waals surface area contributed by atoms with Crippen molar-refractivity contribution < 1.29 is 9.21 Å². The van der Waals surface area contributed by atoms with Crippen molar-refractivity contribution in [3.63, 3.8) is 0 Å². The molecule has 2 atom stereocenters. The molecule has 2 heterocycles. The Morgan fingerprint density at radius 2 is 1.91 bits per heavy atom. The summed E-state index contributed by atoms with van der Waals surface area (Å²) < 4.78 is 5.95. The van der Waals surface area contributed by atoms with Crippen molar-refractivity contribution in [2.24, 2.45) is 0 Å². The topological polar surface area (TPSA) is 48.7 Å². The van der Waals surface area contributed by atoms with Gasteiger partial charge in [-0.15, -0.1) is 0 Å². The highest BCUT2D eigenvalue weighted by Gasteiger charge is 2.30. The molecule has 23 heavy (non-hydrogen) atoms. The molecular formula is C18H25N3O2. The van der Waals surface area contributed by atoms with Crippen LogP contribution in [0.5, 0.6) is 0 Å². The number of nitrogens with zero attached hydrogens (tertiary/aromatic N) is 2. The second-order valence-corrected chi connectivity index (χ2v) is 6.82. The molecule has 0 aliphatic carbocycles. The van der Waals surface area contributed by atoms with Gasteiger partial charge >= 0.3 is 0 Å². The van der Waals surface area contributed by atoms with Crippen molar-refractivity contribution in [1.82, 2.24) is 15.1 Å². The van der Waals surface area contributed by atoms with Crippen molar-refractivity contribution in [3.05, 3.63) is 35.6 Å². The Labute approximate surface area is 137 Å². The molecular weight excluding hydrogens is 290 g/mol. The first-order valence-electron chi connectivity index (χ1n) is 8.16. The highest BCUT2D eigenvalue weighted by Crippen LogP contribution is 2.28. The Morgan fingerprint density at radius 1 is 1.26 bits per heavy atom. The minimum Gasteiger partial charge on any atom is -0.451 e. The number of carbonyl (C=O) groups excluding carboxylic acids is 1. The molecule has 1 aliphatic rings. The summed E-state index contributed by atoms with van der Waals surface area (Å²) in [6.45, 7) is 6.32. The van der Waals surface area contributed by atoms with E-state index in [4.69, 9.17) is 4.42 Å². The van der Waals surface area contributed by atoms with Crippen LogP contribution >= 0.6 is 0 Å². The number of hydrogen-bond acceptors (Lipinski definition) is 4. The molecule has 1 N–H and O–H groups in total. The molecule has 0 saturated carbocycles. The highest BCUT2D eigenvalue weighted by molar-refractivity contribution is 5.99. The van der Waals surface area contributed by atoms with Crippen LogP contribution in [0.4, 0.5) is 0 Å². The van der Waals surface area contributed by atoms with Gasteiger partial charge in [0.15, 0.2) is 5.76 Å². The van der Waals surface area contributed by atoms with Crippen LogP contribution in [0.15, 0.2) is 28.7 Å². The molecule has 0 bridgehead atoms. The summed E-state index contributed by atoms with van der Waals surface area (Å²) in [6, 6.07) is 8.47. The Kier molecular flexibility index (Phi) is 4.41. The van der Waals surface area contributed by atoms with E-state index >= 15 is 0 Å². The van der Waals surface area contributed by atoms with Gasteiger partial charge in [0.05, 0.1) is 0 Å². The van der Waals surface area contributed by atoms with Crippen molar-refractivity contribution in [2.45, 2.75) is 32.5 Å². The summed E-state index contributed by atoms with van der Waals surface area (Å²) in [5, 5.41) is 4.48. The minimum absolute atomic E-state index is 0.00162. The van der Waals surface area contributed by atoms with Gasteiger partial charge in [-0.25, -0.2) is 0 Å². The first-order valence-corrected chi connectivity index (χ1v) is 8.16. The average molecular weight is 315 g/mol. The van der Waals surface area contributed by atoms with Crippen LogP contribution in [0.2, 0.25) is 0 Å². The van der Waals surface area contributed by atoms with E-state index in [0.717, 1.165) is 16.5 Å². The van der Waals surface area contributed by atoms with Crippen molar-refractivity contribution in [3.8, 4) is 0 Å². The Balaban J connectivity index is 1.99. The SMILES string of the molecule is CC1CN(C(=O)c2oc3ccccc3c2CN(C)C)CC(C)N1. The largest absolute Gasteiger partial charge is 0.451 e. The van der Waals surface area contributed by atoms with Crippen molar-refractivity contribution >= 4 is 16.9 Å². The van der Waals surface area contributed by atoms with Gasteiger partial charge in [0.2, 0.25) is 0 Å². The van der Waals surface area contributed by atoms with Gasteiger partial charge in [-0.3, -0.25) is 4.79 Å². The number of rotatable bonds is 3. The van der Waals surface area contributed by atoms with E-state index in [2.05, 4.69) is 24.1 Å². The molecule has 3 rings (SSSR count). The number of nitrogens with one attached hydrogen (secondary N) is 1. The summed E-state index contributed by atoms with van der Waals surface area (Å²) in [7, 11) is 4.01. The second-order valence-electron chi connectivity index (χ2n) is 6.82. The molecule has 1 amide bonds. The summed E-state index contributed by atoms with van der Waals surface area (Å²) >= 11 is 0. The zero-order valence-electron chi connectivity index (χ0n) is 14.3. The van der Waals surface area contributed by atoms with Gasteiger partial charge in [0.25, 0.3) is 5.91 Å². The summed E-state index contributed by atoms with van der Waals surface area (Å²) in [5.74, 6) is 0.486. The van der Waals surface area contributed by atoms with Crippen LogP contribution in [0, 0.1) is 0 Å². The molecule has 1 fully saturated rings. The van der Waals surface area contributed by atoms with E-state index in [1.165, 1.54) is 0 Å². The Bertz CT molecular complexity index is 697. The molecule has 5 nitrogen and oxygen atoms in total. The molecule has 1 aliphatic heterocycles. The molecule has 2 aromatic rings. The molecule has 1 aromatic heterocycles. The van der Waals surface area contributed by atoms with Gasteiger partial charge in [-0.1, -0.05) is 18.2 Å². The third-order valence-corrected chi connectivity index (χ3v) is 4.21. The van der Waals surface area contributed by atoms with Gasteiger partial charge in [-0.05, 0) is 34.0 Å². The standard InChI is InChI=1S/C18H25N3O2/c1-12-9-21(10-13(2)19-12)18(22)17-15(11-20(3)4)14-7-5-6-8-16(14)23-17/h5-8,12-13,19H,9-11H2,1-4H3. The van der Waals surface area contributed by atoms with Gasteiger partial charge in [0, 0.05) is 42.7 Å². The molecule has 0 spiro atoms. The summed E-state index contributed by atoms with van der Waals surface area (Å²) in [4.78, 5) is 17.0. The summed E-state index contributed by atoms with van der Waals surface area (Å²) in [5.41, 5.74) is 1.76. The van der Waals surface area contributed by atoms with Crippen molar-refractivity contribution in [1.29, 1.82) is 0 Å². The second kappa shape index (κ2) is 6.34. The maximum Gasteiger partial charge on any atom is 0.290 e. The number of furan rings is 1. The maximum atomic E-state index is 13.0. The fourth-order valence-electron chi connectivity index (χ4n) is 3.38. The number of benzene rings is 1. The van der Waals surface area contributed by atoms with E-state index in [1.807, 2.05) is 43.3 Å². The zero-order chi connectivity index (χ0) is 16.6. The number of amides is 1. The van der Waals surface area contributed by atoms with Crippen molar-refractivity contribution in [2.75, 3.05) is 27.2 Å². The number of hydrogen-bond donors (Lipinski definition) is 1. The smallest absolute Gasteiger partial charge is 0.290 e. The first-order chi connectivity index (χ1) is 11.0. The molecule has 1 aromatic carbocycles. The lowest BCUT2D eigenvalue weighted by Gasteiger charge is -2.35. The number of para-hydroxylation sites is 1. The number of fused-ring (bicyclic) bond motifs is 1.